The van der Waals surface area contributed by atoms with Crippen molar-refractivity contribution in [2.24, 2.45) is 0 Å². The molecule has 0 amide bonds. The second kappa shape index (κ2) is 3.54. The van der Waals surface area contributed by atoms with Crippen LogP contribution in [-0.4, -0.2) is 10.3 Å². The molecule has 0 saturated carbocycles. The second-order valence-electron chi connectivity index (χ2n) is 2.90. The van der Waals surface area contributed by atoms with Crippen molar-refractivity contribution in [2.45, 2.75) is 0 Å². The number of nitrogens with zero attached hydrogens (tertiary/aromatic N) is 1. The zero-order chi connectivity index (χ0) is 11.0. The highest BCUT2D eigenvalue weighted by Gasteiger charge is 2.11. The number of anilines is 1. The first-order valence-corrected chi connectivity index (χ1v) is 4.78. The lowest BCUT2D eigenvalue weighted by atomic mass is 10.1. The number of aromatic hydroxyl groups is 1. The summed E-state index contributed by atoms with van der Waals surface area (Å²) >= 11 is 3.02. The number of nitrogens with two attached hydrogens (primary N) is 1. The molecule has 0 aliphatic rings. The molecule has 6 heteroatoms. The third-order valence-corrected chi connectivity index (χ3v) is 2.45. The minimum absolute atomic E-state index is 0.148. The summed E-state index contributed by atoms with van der Waals surface area (Å²) in [7, 11) is 0. The largest absolute Gasteiger partial charge is 0.504 e. The second-order valence-corrected chi connectivity index (χ2v) is 3.76. The van der Waals surface area contributed by atoms with Gasteiger partial charge in [0.2, 0.25) is 5.88 Å². The molecule has 0 aliphatic heterocycles. The van der Waals surface area contributed by atoms with Gasteiger partial charge in [-0.2, -0.15) is 0 Å². The van der Waals surface area contributed by atoms with E-state index in [1.807, 2.05) is 0 Å². The first-order valence-electron chi connectivity index (χ1n) is 3.98. The van der Waals surface area contributed by atoms with Gasteiger partial charge >= 0.3 is 0 Å². The van der Waals surface area contributed by atoms with E-state index in [2.05, 4.69) is 25.6 Å². The summed E-state index contributed by atoms with van der Waals surface area (Å²) in [4.78, 5) is 0. The Balaban J connectivity index is 2.55. The average molecular weight is 273 g/mol. The van der Waals surface area contributed by atoms with E-state index >= 15 is 0 Å². The standard InChI is InChI=1S/C9H6BrFN2O2/c10-5-1-4(2-6(11)9(5)14)7-3-8(12)15-13-7/h1-3,14H,12H2. The van der Waals surface area contributed by atoms with Gasteiger partial charge in [0.25, 0.3) is 0 Å². The van der Waals surface area contributed by atoms with Crippen molar-refractivity contribution in [3.05, 3.63) is 28.5 Å². The number of hydrogen-bond donors (Lipinski definition) is 2. The zero-order valence-corrected chi connectivity index (χ0v) is 8.95. The summed E-state index contributed by atoms with van der Waals surface area (Å²) in [6.45, 7) is 0. The molecular weight excluding hydrogens is 267 g/mol. The topological polar surface area (TPSA) is 72.3 Å². The maximum absolute atomic E-state index is 13.2. The van der Waals surface area contributed by atoms with Crippen molar-refractivity contribution in [3.63, 3.8) is 0 Å². The molecule has 78 valence electrons. The number of phenols is 1. The molecule has 0 radical (unpaired) electrons. The van der Waals surface area contributed by atoms with Gasteiger partial charge in [0.1, 0.15) is 5.69 Å². The molecule has 2 aromatic rings. The molecule has 1 aromatic heterocycles. The Hall–Kier alpha value is -1.56. The lowest BCUT2D eigenvalue weighted by Gasteiger charge is -2.01. The monoisotopic (exact) mass is 272 g/mol. The number of halogens is 2. The molecule has 1 aromatic carbocycles. The van der Waals surface area contributed by atoms with E-state index in [0.29, 0.717) is 11.3 Å². The van der Waals surface area contributed by atoms with Gasteiger partial charge in [0.05, 0.1) is 4.47 Å². The van der Waals surface area contributed by atoms with Gasteiger partial charge in [0, 0.05) is 11.6 Å². The molecule has 1 heterocycles. The maximum atomic E-state index is 13.2. The van der Waals surface area contributed by atoms with Gasteiger partial charge < -0.3 is 15.4 Å². The molecule has 0 spiro atoms. The highest BCUT2D eigenvalue weighted by atomic mass is 79.9. The molecule has 0 aliphatic carbocycles. The normalized spacial score (nSPS) is 10.5. The summed E-state index contributed by atoms with van der Waals surface area (Å²) < 4.78 is 18.1. The minimum atomic E-state index is -0.735. The highest BCUT2D eigenvalue weighted by Crippen LogP contribution is 2.32. The summed E-state index contributed by atoms with van der Waals surface area (Å²) in [5.41, 5.74) is 6.22. The van der Waals surface area contributed by atoms with Gasteiger partial charge in [-0.3, -0.25) is 0 Å². The summed E-state index contributed by atoms with van der Waals surface area (Å²) in [5, 5.41) is 12.8. The Labute approximate surface area is 92.6 Å². The van der Waals surface area contributed by atoms with E-state index in [1.165, 1.54) is 12.1 Å². The van der Waals surface area contributed by atoms with Crippen LogP contribution < -0.4 is 5.73 Å². The van der Waals surface area contributed by atoms with Crippen molar-refractivity contribution >= 4 is 21.8 Å². The van der Waals surface area contributed by atoms with E-state index in [0.717, 1.165) is 6.07 Å². The van der Waals surface area contributed by atoms with Gasteiger partial charge in [-0.1, -0.05) is 5.16 Å². The number of benzene rings is 1. The molecule has 15 heavy (non-hydrogen) atoms. The quantitative estimate of drug-likeness (QED) is 0.837. The molecule has 0 saturated heterocycles. The first-order chi connectivity index (χ1) is 7.08. The molecule has 3 N–H and O–H groups in total. The highest BCUT2D eigenvalue weighted by molar-refractivity contribution is 9.10. The fourth-order valence-electron chi connectivity index (χ4n) is 1.14. The zero-order valence-electron chi connectivity index (χ0n) is 7.37. The van der Waals surface area contributed by atoms with Gasteiger partial charge in [-0.05, 0) is 28.1 Å². The number of phenolic OH excluding ortho intramolecular Hbond substituents is 1. The van der Waals surface area contributed by atoms with E-state index in [1.54, 1.807) is 0 Å². The Morgan fingerprint density at radius 1 is 1.40 bits per heavy atom. The molecular formula is C9H6BrFN2O2. The fraction of sp³-hybridized carbons (Fsp3) is 0. The Bertz CT molecular complexity index is 490. The van der Waals surface area contributed by atoms with E-state index in [4.69, 9.17) is 5.73 Å². The number of nitrogen functional groups attached to an aromatic ring is 1. The number of rotatable bonds is 1. The van der Waals surface area contributed by atoms with Gasteiger partial charge in [-0.25, -0.2) is 4.39 Å². The van der Waals surface area contributed by atoms with Crippen molar-refractivity contribution < 1.29 is 14.0 Å². The van der Waals surface area contributed by atoms with Crippen LogP contribution in [0.3, 0.4) is 0 Å². The van der Waals surface area contributed by atoms with E-state index in [9.17, 15) is 9.50 Å². The summed E-state index contributed by atoms with van der Waals surface area (Å²) in [6.07, 6.45) is 0. The van der Waals surface area contributed by atoms with Crippen LogP contribution in [-0.2, 0) is 0 Å². The molecule has 4 nitrogen and oxygen atoms in total. The fourth-order valence-corrected chi connectivity index (χ4v) is 1.57. The van der Waals surface area contributed by atoms with Crippen molar-refractivity contribution in [1.82, 2.24) is 5.16 Å². The predicted octanol–water partition coefficient (Wildman–Crippen LogP) is 2.53. The number of aromatic nitrogens is 1. The molecule has 2 rings (SSSR count). The first kappa shape index (κ1) is 9.97. The minimum Gasteiger partial charge on any atom is -0.504 e. The SMILES string of the molecule is Nc1cc(-c2cc(F)c(O)c(Br)c2)no1. The Morgan fingerprint density at radius 3 is 2.67 bits per heavy atom. The third kappa shape index (κ3) is 1.80. The third-order valence-electron chi connectivity index (χ3n) is 1.84. The molecule has 0 fully saturated rings. The van der Waals surface area contributed by atoms with Crippen LogP contribution in [0.4, 0.5) is 10.3 Å². The molecule has 0 unspecified atom stereocenters. The smallest absolute Gasteiger partial charge is 0.222 e. The van der Waals surface area contributed by atoms with Gasteiger partial charge in [-0.15, -0.1) is 0 Å². The lowest BCUT2D eigenvalue weighted by molar-refractivity contribution is 0.428. The lowest BCUT2D eigenvalue weighted by Crippen LogP contribution is -1.83. The van der Waals surface area contributed by atoms with Crippen LogP contribution >= 0.6 is 15.9 Å². The van der Waals surface area contributed by atoms with E-state index < -0.39 is 11.6 Å². The van der Waals surface area contributed by atoms with Crippen molar-refractivity contribution in [2.75, 3.05) is 5.73 Å². The van der Waals surface area contributed by atoms with Crippen LogP contribution in [0.2, 0.25) is 0 Å². The van der Waals surface area contributed by atoms with Crippen LogP contribution in [0.1, 0.15) is 0 Å². The van der Waals surface area contributed by atoms with Crippen molar-refractivity contribution in [1.29, 1.82) is 0 Å². The average Bonchev–Trinajstić information content (AvgIpc) is 2.60. The Kier molecular flexibility index (Phi) is 2.36. The van der Waals surface area contributed by atoms with Crippen molar-refractivity contribution in [3.8, 4) is 17.0 Å². The van der Waals surface area contributed by atoms with E-state index in [-0.39, 0.29) is 10.4 Å². The molecule has 0 bridgehead atoms. The predicted molar refractivity (Wildman–Crippen MR) is 55.7 cm³/mol. The Morgan fingerprint density at radius 2 is 2.13 bits per heavy atom. The van der Waals surface area contributed by atoms with Crippen LogP contribution in [0.15, 0.2) is 27.2 Å². The number of hydrogen-bond acceptors (Lipinski definition) is 4. The van der Waals surface area contributed by atoms with Crippen LogP contribution in [0.25, 0.3) is 11.3 Å². The van der Waals surface area contributed by atoms with Crippen LogP contribution in [0.5, 0.6) is 5.75 Å². The van der Waals surface area contributed by atoms with Gasteiger partial charge in [0.15, 0.2) is 11.6 Å². The maximum Gasteiger partial charge on any atom is 0.222 e. The van der Waals surface area contributed by atoms with Crippen LogP contribution in [0, 0.1) is 5.82 Å². The summed E-state index contributed by atoms with van der Waals surface area (Å²) in [5.74, 6) is -1.02. The summed E-state index contributed by atoms with van der Waals surface area (Å²) in [6, 6.07) is 4.14. The molecule has 0 atom stereocenters.